The van der Waals surface area contributed by atoms with Crippen LogP contribution in [-0.4, -0.2) is 22.3 Å². The number of carbonyl (C=O) groups excluding carboxylic acids is 2. The topological polar surface area (TPSA) is 54.4 Å². The third-order valence-corrected chi connectivity index (χ3v) is 5.66. The first-order valence-electron chi connectivity index (χ1n) is 8.21. The predicted octanol–water partition coefficient (Wildman–Crippen LogP) is 3.31. The van der Waals surface area contributed by atoms with E-state index >= 15 is 0 Å². The minimum absolute atomic E-state index is 0.0306. The second-order valence-corrected chi connectivity index (χ2v) is 7.56. The van der Waals surface area contributed by atoms with E-state index in [-0.39, 0.29) is 35.7 Å². The summed E-state index contributed by atoms with van der Waals surface area (Å²) >= 11 is 0. The molecule has 0 saturated heterocycles. The van der Waals surface area contributed by atoms with Crippen molar-refractivity contribution in [1.82, 2.24) is 0 Å². The number of Topliss-reactive ketones (excluding diaryl/α,β-unsaturated/α-hetero) is 2. The fourth-order valence-corrected chi connectivity index (χ4v) is 4.46. The minimum Gasteiger partial charge on any atom is -0.382 e. The van der Waals surface area contributed by atoms with Gasteiger partial charge in [-0.15, -0.1) is 0 Å². The Balaban J connectivity index is 2.21. The van der Waals surface area contributed by atoms with Crippen molar-refractivity contribution in [3.63, 3.8) is 0 Å². The van der Waals surface area contributed by atoms with Gasteiger partial charge in [0, 0.05) is 23.5 Å². The first-order chi connectivity index (χ1) is 10.6. The largest absolute Gasteiger partial charge is 0.382 e. The Morgan fingerprint density at radius 2 is 2.04 bits per heavy atom. The molecular formula is C20H24O3. The van der Waals surface area contributed by atoms with Crippen molar-refractivity contribution in [2.45, 2.75) is 45.6 Å². The average molecular weight is 312 g/mol. The summed E-state index contributed by atoms with van der Waals surface area (Å²) in [6.45, 7) is 13.6. The van der Waals surface area contributed by atoms with Crippen LogP contribution < -0.4 is 0 Å². The summed E-state index contributed by atoms with van der Waals surface area (Å²) in [6.07, 6.45) is 3.89. The fraction of sp³-hybridized carbons (Fsp3) is 0.500. The molecule has 0 unspecified atom stereocenters. The third kappa shape index (κ3) is 2.29. The first-order valence-corrected chi connectivity index (χ1v) is 8.21. The van der Waals surface area contributed by atoms with Gasteiger partial charge >= 0.3 is 0 Å². The van der Waals surface area contributed by atoms with Gasteiger partial charge in [0.25, 0.3) is 0 Å². The normalized spacial score (nSPS) is 37.3. The molecule has 1 saturated carbocycles. The zero-order valence-corrected chi connectivity index (χ0v) is 14.1. The highest BCUT2D eigenvalue weighted by molar-refractivity contribution is 6.19. The molecule has 0 aromatic carbocycles. The molecule has 3 aliphatic carbocycles. The van der Waals surface area contributed by atoms with Crippen molar-refractivity contribution < 1.29 is 14.7 Å². The molecule has 0 bridgehead atoms. The molecule has 0 aromatic rings. The lowest BCUT2D eigenvalue weighted by Crippen LogP contribution is -2.37. The Labute approximate surface area is 137 Å². The quantitative estimate of drug-likeness (QED) is 0.756. The van der Waals surface area contributed by atoms with Crippen LogP contribution >= 0.6 is 0 Å². The molecule has 0 aliphatic heterocycles. The van der Waals surface area contributed by atoms with E-state index in [1.165, 1.54) is 6.92 Å². The smallest absolute Gasteiger partial charge is 0.191 e. The number of allylic oxidation sites excluding steroid dienone is 4. The molecule has 0 heterocycles. The van der Waals surface area contributed by atoms with Crippen LogP contribution in [-0.2, 0) is 9.59 Å². The molecule has 1 N–H and O–H groups in total. The highest BCUT2D eigenvalue weighted by atomic mass is 16.3. The Morgan fingerprint density at radius 1 is 1.39 bits per heavy atom. The Morgan fingerprint density at radius 3 is 2.65 bits per heavy atom. The van der Waals surface area contributed by atoms with E-state index in [9.17, 15) is 14.7 Å². The number of ketones is 2. The minimum atomic E-state index is -1.47. The maximum absolute atomic E-state index is 12.8. The second kappa shape index (κ2) is 5.13. The van der Waals surface area contributed by atoms with Crippen LogP contribution in [0.15, 0.2) is 47.1 Å². The monoisotopic (exact) mass is 312 g/mol. The molecule has 3 aliphatic rings. The van der Waals surface area contributed by atoms with Gasteiger partial charge in [0.1, 0.15) is 5.60 Å². The van der Waals surface area contributed by atoms with Gasteiger partial charge in [-0.3, -0.25) is 9.59 Å². The first kappa shape index (κ1) is 16.1. The SMILES string of the molecule is C=C1CC[C@H](C(=C)C)[C@H]2C=C(C)C(=O)C3=C(C(=O)[C@@](C)(O)C3)[C@H]12. The van der Waals surface area contributed by atoms with Crippen molar-refractivity contribution in [3.8, 4) is 0 Å². The summed E-state index contributed by atoms with van der Waals surface area (Å²) in [4.78, 5) is 25.5. The van der Waals surface area contributed by atoms with E-state index in [1.807, 2.05) is 13.0 Å². The summed E-state index contributed by atoms with van der Waals surface area (Å²) < 4.78 is 0. The molecule has 3 nitrogen and oxygen atoms in total. The van der Waals surface area contributed by atoms with Crippen molar-refractivity contribution >= 4 is 11.6 Å². The van der Waals surface area contributed by atoms with Crippen LogP contribution in [0.2, 0.25) is 0 Å². The van der Waals surface area contributed by atoms with Crippen LogP contribution in [0.25, 0.3) is 0 Å². The Bertz CT molecular complexity index is 702. The van der Waals surface area contributed by atoms with Gasteiger partial charge in [0.05, 0.1) is 0 Å². The molecule has 0 radical (unpaired) electrons. The van der Waals surface area contributed by atoms with Crippen LogP contribution in [0, 0.1) is 17.8 Å². The van der Waals surface area contributed by atoms with E-state index in [0.29, 0.717) is 16.7 Å². The zero-order valence-electron chi connectivity index (χ0n) is 14.1. The number of rotatable bonds is 1. The maximum atomic E-state index is 12.8. The number of hydrogen-bond acceptors (Lipinski definition) is 3. The van der Waals surface area contributed by atoms with Gasteiger partial charge in [0.15, 0.2) is 11.6 Å². The van der Waals surface area contributed by atoms with Gasteiger partial charge in [-0.25, -0.2) is 0 Å². The standard InChI is InChI=1S/C20H24O3/c1-10(2)13-7-6-11(3)16-14(13)8-12(4)18(21)15-9-20(5,23)19(22)17(15)16/h8,13-14,16,23H,1,3,6-7,9H2,2,4-5H3/t13-,14-,16-,20+/m1/s1. The van der Waals surface area contributed by atoms with Crippen LogP contribution in [0.3, 0.4) is 0 Å². The van der Waals surface area contributed by atoms with Gasteiger partial charge in [0.2, 0.25) is 0 Å². The van der Waals surface area contributed by atoms with E-state index < -0.39 is 5.60 Å². The van der Waals surface area contributed by atoms with Crippen molar-refractivity contribution in [2.24, 2.45) is 17.8 Å². The van der Waals surface area contributed by atoms with Crippen LogP contribution in [0.4, 0.5) is 0 Å². The summed E-state index contributed by atoms with van der Waals surface area (Å²) in [5, 5.41) is 10.4. The molecule has 0 spiro atoms. The lowest BCUT2D eigenvalue weighted by molar-refractivity contribution is -0.130. The maximum Gasteiger partial charge on any atom is 0.191 e. The van der Waals surface area contributed by atoms with Crippen molar-refractivity contribution in [2.75, 3.05) is 0 Å². The molecule has 0 amide bonds. The molecule has 1 fully saturated rings. The van der Waals surface area contributed by atoms with E-state index in [0.717, 1.165) is 24.0 Å². The summed E-state index contributed by atoms with van der Waals surface area (Å²) in [7, 11) is 0. The lowest BCUT2D eigenvalue weighted by Gasteiger charge is -2.39. The van der Waals surface area contributed by atoms with Crippen LogP contribution in [0.1, 0.15) is 40.0 Å². The molecule has 122 valence electrons. The zero-order chi connectivity index (χ0) is 17.1. The van der Waals surface area contributed by atoms with Gasteiger partial charge < -0.3 is 5.11 Å². The van der Waals surface area contributed by atoms with E-state index in [4.69, 9.17) is 0 Å². The predicted molar refractivity (Wildman–Crippen MR) is 89.7 cm³/mol. The van der Waals surface area contributed by atoms with E-state index in [1.54, 1.807) is 6.92 Å². The van der Waals surface area contributed by atoms with Crippen molar-refractivity contribution in [3.05, 3.63) is 47.1 Å². The molecule has 4 atom stereocenters. The molecule has 0 aromatic heterocycles. The summed E-state index contributed by atoms with van der Waals surface area (Å²) in [5.74, 6) is -0.318. The molecular weight excluding hydrogens is 288 g/mol. The summed E-state index contributed by atoms with van der Waals surface area (Å²) in [5.41, 5.74) is 2.25. The van der Waals surface area contributed by atoms with Gasteiger partial charge in [-0.1, -0.05) is 30.4 Å². The number of fused-ring (bicyclic) bond motifs is 2. The van der Waals surface area contributed by atoms with Crippen molar-refractivity contribution in [1.29, 1.82) is 0 Å². The fourth-order valence-electron chi connectivity index (χ4n) is 4.46. The van der Waals surface area contributed by atoms with Gasteiger partial charge in [-0.2, -0.15) is 0 Å². The highest BCUT2D eigenvalue weighted by Gasteiger charge is 2.51. The number of aliphatic hydroxyl groups is 1. The number of carbonyl (C=O) groups is 2. The Hall–Kier alpha value is -1.74. The Kier molecular flexibility index (Phi) is 3.60. The summed E-state index contributed by atoms with van der Waals surface area (Å²) in [6, 6.07) is 0. The highest BCUT2D eigenvalue weighted by Crippen LogP contribution is 2.51. The third-order valence-electron chi connectivity index (χ3n) is 5.66. The molecule has 3 rings (SSSR count). The van der Waals surface area contributed by atoms with Crippen LogP contribution in [0.5, 0.6) is 0 Å². The van der Waals surface area contributed by atoms with Gasteiger partial charge in [-0.05, 0) is 51.0 Å². The molecule has 3 heteroatoms. The lowest BCUT2D eigenvalue weighted by atomic mass is 9.64. The second-order valence-electron chi connectivity index (χ2n) is 7.56. The van der Waals surface area contributed by atoms with E-state index in [2.05, 4.69) is 13.2 Å². The average Bonchev–Trinajstić information content (AvgIpc) is 2.62. The molecule has 23 heavy (non-hydrogen) atoms. The number of hydrogen-bond donors (Lipinski definition) is 1.